The van der Waals surface area contributed by atoms with E-state index in [0.29, 0.717) is 6.61 Å². The SMILES string of the molecule is CCCOC(C)Nc1cc(O)c2c(c1O)C(=O)c1ccccc1C2=O. The van der Waals surface area contributed by atoms with E-state index in [2.05, 4.69) is 5.32 Å². The summed E-state index contributed by atoms with van der Waals surface area (Å²) < 4.78 is 5.48. The summed E-state index contributed by atoms with van der Waals surface area (Å²) >= 11 is 0. The molecule has 0 aliphatic heterocycles. The van der Waals surface area contributed by atoms with Crippen molar-refractivity contribution in [2.45, 2.75) is 26.5 Å². The Balaban J connectivity index is 2.07. The van der Waals surface area contributed by atoms with Crippen LogP contribution in [-0.2, 0) is 4.74 Å². The van der Waals surface area contributed by atoms with Gasteiger partial charge in [-0.3, -0.25) is 9.59 Å². The molecule has 1 aliphatic carbocycles. The minimum absolute atomic E-state index is 0.139. The highest BCUT2D eigenvalue weighted by Gasteiger charge is 2.35. The standard InChI is InChI=1S/C19H19NO5/c1-3-8-25-10(2)20-13-9-14(21)15-16(19(13)24)18(23)12-7-5-4-6-11(12)17(15)22/h4-7,9-10,20-21,24H,3,8H2,1-2H3. The van der Waals surface area contributed by atoms with Gasteiger partial charge in [-0.05, 0) is 13.3 Å². The van der Waals surface area contributed by atoms with Gasteiger partial charge < -0.3 is 20.3 Å². The Morgan fingerprint density at radius 2 is 1.68 bits per heavy atom. The molecular weight excluding hydrogens is 322 g/mol. The molecule has 25 heavy (non-hydrogen) atoms. The molecule has 6 heteroatoms. The average Bonchev–Trinajstić information content (AvgIpc) is 2.60. The quantitative estimate of drug-likeness (QED) is 0.375. The Hall–Kier alpha value is -2.86. The van der Waals surface area contributed by atoms with Gasteiger partial charge in [0.2, 0.25) is 0 Å². The minimum atomic E-state index is -0.497. The van der Waals surface area contributed by atoms with E-state index in [-0.39, 0.29) is 39.4 Å². The lowest BCUT2D eigenvalue weighted by atomic mass is 9.82. The van der Waals surface area contributed by atoms with Gasteiger partial charge in [0.15, 0.2) is 17.3 Å². The van der Waals surface area contributed by atoms with Gasteiger partial charge in [-0.25, -0.2) is 0 Å². The van der Waals surface area contributed by atoms with Crippen molar-refractivity contribution < 1.29 is 24.5 Å². The molecular formula is C19H19NO5. The topological polar surface area (TPSA) is 95.9 Å². The highest BCUT2D eigenvalue weighted by molar-refractivity contribution is 6.30. The van der Waals surface area contributed by atoms with Crippen LogP contribution in [0.1, 0.15) is 52.1 Å². The Morgan fingerprint density at radius 3 is 2.28 bits per heavy atom. The van der Waals surface area contributed by atoms with Gasteiger partial charge in [-0.2, -0.15) is 0 Å². The number of phenols is 2. The zero-order valence-electron chi connectivity index (χ0n) is 14.0. The highest BCUT2D eigenvalue weighted by Crippen LogP contribution is 2.42. The predicted molar refractivity (Wildman–Crippen MR) is 92.4 cm³/mol. The number of aromatic hydroxyl groups is 2. The first-order valence-electron chi connectivity index (χ1n) is 8.11. The normalized spacial score (nSPS) is 14.0. The molecule has 3 rings (SSSR count). The van der Waals surface area contributed by atoms with Crippen LogP contribution in [-0.4, -0.2) is 34.6 Å². The third-order valence-corrected chi connectivity index (χ3v) is 4.08. The first-order valence-corrected chi connectivity index (χ1v) is 8.11. The number of anilines is 1. The lowest BCUT2D eigenvalue weighted by Crippen LogP contribution is -2.23. The monoisotopic (exact) mass is 341 g/mol. The largest absolute Gasteiger partial charge is 0.507 e. The van der Waals surface area contributed by atoms with Crippen molar-refractivity contribution in [1.82, 2.24) is 0 Å². The number of carbonyl (C=O) groups is 2. The Kier molecular flexibility index (Phi) is 4.46. The fourth-order valence-electron chi connectivity index (χ4n) is 2.92. The molecule has 6 nitrogen and oxygen atoms in total. The van der Waals surface area contributed by atoms with E-state index in [4.69, 9.17) is 4.74 Å². The number of benzene rings is 2. The number of ether oxygens (including phenoxy) is 1. The molecule has 1 atom stereocenters. The van der Waals surface area contributed by atoms with Gasteiger partial charge in [0.05, 0.1) is 16.8 Å². The summed E-state index contributed by atoms with van der Waals surface area (Å²) in [6.07, 6.45) is 0.391. The molecule has 3 N–H and O–H groups in total. The van der Waals surface area contributed by atoms with Gasteiger partial charge in [-0.15, -0.1) is 0 Å². The molecule has 0 aromatic heterocycles. The Bertz CT molecular complexity index is 859. The molecule has 0 spiro atoms. The van der Waals surface area contributed by atoms with Crippen LogP contribution in [0.5, 0.6) is 11.5 Å². The van der Waals surface area contributed by atoms with Gasteiger partial charge in [0.1, 0.15) is 12.0 Å². The van der Waals surface area contributed by atoms with Gasteiger partial charge in [0.25, 0.3) is 0 Å². The van der Waals surface area contributed by atoms with E-state index in [1.807, 2.05) is 6.92 Å². The van der Waals surface area contributed by atoms with Crippen molar-refractivity contribution in [3.8, 4) is 11.5 Å². The van der Waals surface area contributed by atoms with Crippen molar-refractivity contribution in [3.63, 3.8) is 0 Å². The van der Waals surface area contributed by atoms with Crippen LogP contribution in [0.15, 0.2) is 30.3 Å². The molecule has 0 amide bonds. The molecule has 0 radical (unpaired) electrons. The molecule has 2 aromatic rings. The first-order chi connectivity index (χ1) is 12.0. The van der Waals surface area contributed by atoms with Crippen molar-refractivity contribution in [3.05, 3.63) is 52.6 Å². The second kappa shape index (κ2) is 6.57. The summed E-state index contributed by atoms with van der Waals surface area (Å²) in [7, 11) is 0. The maximum absolute atomic E-state index is 12.8. The molecule has 0 heterocycles. The van der Waals surface area contributed by atoms with Crippen LogP contribution in [0.3, 0.4) is 0 Å². The first kappa shape index (κ1) is 17.0. The second-order valence-corrected chi connectivity index (χ2v) is 5.90. The van der Waals surface area contributed by atoms with Crippen LogP contribution in [0.25, 0.3) is 0 Å². The van der Waals surface area contributed by atoms with E-state index >= 15 is 0 Å². The van der Waals surface area contributed by atoms with E-state index < -0.39 is 17.8 Å². The molecule has 2 aromatic carbocycles. The highest BCUT2D eigenvalue weighted by atomic mass is 16.5. The third kappa shape index (κ3) is 2.85. The number of nitrogens with one attached hydrogen (secondary N) is 1. The van der Waals surface area contributed by atoms with Crippen LogP contribution in [0.4, 0.5) is 5.69 Å². The lowest BCUT2D eigenvalue weighted by Gasteiger charge is -2.23. The van der Waals surface area contributed by atoms with Crippen LogP contribution >= 0.6 is 0 Å². The second-order valence-electron chi connectivity index (χ2n) is 5.90. The summed E-state index contributed by atoms with van der Waals surface area (Å²) in [6, 6.07) is 7.59. The van der Waals surface area contributed by atoms with E-state index in [1.165, 1.54) is 18.2 Å². The van der Waals surface area contributed by atoms with Crippen molar-refractivity contribution in [2.24, 2.45) is 0 Å². The number of fused-ring (bicyclic) bond motifs is 2. The molecule has 130 valence electrons. The molecule has 1 unspecified atom stereocenters. The molecule has 0 saturated carbocycles. The van der Waals surface area contributed by atoms with Gasteiger partial charge in [-0.1, -0.05) is 31.2 Å². The number of hydrogen-bond acceptors (Lipinski definition) is 6. The number of rotatable bonds is 5. The maximum atomic E-state index is 12.8. The molecule has 0 fully saturated rings. The molecule has 0 saturated heterocycles. The van der Waals surface area contributed by atoms with Crippen LogP contribution in [0.2, 0.25) is 0 Å². The predicted octanol–water partition coefficient (Wildman–Crippen LogP) is 3.06. The Morgan fingerprint density at radius 1 is 1.08 bits per heavy atom. The zero-order valence-corrected chi connectivity index (χ0v) is 14.0. The zero-order chi connectivity index (χ0) is 18.1. The third-order valence-electron chi connectivity index (χ3n) is 4.08. The number of hydrogen-bond donors (Lipinski definition) is 3. The average molecular weight is 341 g/mol. The summed E-state index contributed by atoms with van der Waals surface area (Å²) in [6.45, 7) is 4.24. The molecule has 1 aliphatic rings. The van der Waals surface area contributed by atoms with Crippen LogP contribution in [0, 0.1) is 0 Å². The van der Waals surface area contributed by atoms with E-state index in [0.717, 1.165) is 6.42 Å². The Labute approximate surface area is 145 Å². The lowest BCUT2D eigenvalue weighted by molar-refractivity contribution is 0.0851. The number of phenolic OH excluding ortho intramolecular Hbond substituents is 2. The van der Waals surface area contributed by atoms with Crippen molar-refractivity contribution in [2.75, 3.05) is 11.9 Å². The maximum Gasteiger partial charge on any atom is 0.198 e. The van der Waals surface area contributed by atoms with Gasteiger partial charge >= 0.3 is 0 Å². The number of ketones is 2. The summed E-state index contributed by atoms with van der Waals surface area (Å²) in [5.41, 5.74) is 0.209. The van der Waals surface area contributed by atoms with Crippen LogP contribution < -0.4 is 5.32 Å². The van der Waals surface area contributed by atoms with Gasteiger partial charge in [0, 0.05) is 23.8 Å². The summed E-state index contributed by atoms with van der Waals surface area (Å²) in [4.78, 5) is 25.4. The molecule has 0 bridgehead atoms. The van der Waals surface area contributed by atoms with E-state index in [1.54, 1.807) is 19.1 Å². The van der Waals surface area contributed by atoms with Crippen molar-refractivity contribution >= 4 is 17.3 Å². The number of carbonyl (C=O) groups excluding carboxylic acids is 2. The summed E-state index contributed by atoms with van der Waals surface area (Å²) in [5.74, 6) is -1.71. The smallest absolute Gasteiger partial charge is 0.198 e. The fraction of sp³-hybridized carbons (Fsp3) is 0.263. The minimum Gasteiger partial charge on any atom is -0.507 e. The summed E-state index contributed by atoms with van der Waals surface area (Å²) in [5, 5.41) is 23.7. The van der Waals surface area contributed by atoms with E-state index in [9.17, 15) is 19.8 Å². The van der Waals surface area contributed by atoms with Crippen molar-refractivity contribution in [1.29, 1.82) is 0 Å². The fourth-order valence-corrected chi connectivity index (χ4v) is 2.92.